The molecule has 0 radical (unpaired) electrons. The van der Waals surface area contributed by atoms with Crippen LogP contribution in [0.1, 0.15) is 12.1 Å². The molecule has 0 unspecified atom stereocenters. The third-order valence-electron chi connectivity index (χ3n) is 1.79. The van der Waals surface area contributed by atoms with E-state index in [1.807, 2.05) is 20.0 Å². The fraction of sp³-hybridized carbons (Fsp3) is 0.100. The number of anilines is 1. The van der Waals surface area contributed by atoms with Crippen LogP contribution in [0.4, 0.5) is 5.69 Å². The molecule has 0 spiro atoms. The number of nitrogens with zero attached hydrogens (tertiary/aromatic N) is 1. The van der Waals surface area contributed by atoms with Gasteiger partial charge in [0.25, 0.3) is 0 Å². The molecular weight excluding hydrogens is 159 g/mol. The van der Waals surface area contributed by atoms with Gasteiger partial charge in [-0.25, -0.2) is 0 Å². The SMILES string of the molecule is Bc1ccc(N)c(C(=C)CC=C)n1. The predicted molar refractivity (Wildman–Crippen MR) is 60.7 cm³/mol. The molecule has 1 heterocycles. The molecule has 0 saturated heterocycles. The van der Waals surface area contributed by atoms with E-state index in [-0.39, 0.29) is 0 Å². The Morgan fingerprint density at radius 3 is 2.92 bits per heavy atom. The average molecular weight is 172 g/mol. The van der Waals surface area contributed by atoms with E-state index < -0.39 is 0 Å². The summed E-state index contributed by atoms with van der Waals surface area (Å²) < 4.78 is 0. The molecule has 0 aliphatic rings. The van der Waals surface area contributed by atoms with Crippen LogP contribution in [-0.4, -0.2) is 12.8 Å². The van der Waals surface area contributed by atoms with Crippen molar-refractivity contribution in [2.45, 2.75) is 6.42 Å². The molecule has 0 bridgehead atoms. The highest BCUT2D eigenvalue weighted by Gasteiger charge is 2.03. The Morgan fingerprint density at radius 2 is 2.31 bits per heavy atom. The van der Waals surface area contributed by atoms with Crippen molar-refractivity contribution >= 4 is 24.7 Å². The van der Waals surface area contributed by atoms with Crippen molar-refractivity contribution < 1.29 is 0 Å². The number of pyridine rings is 1. The third kappa shape index (κ3) is 2.21. The lowest BCUT2D eigenvalue weighted by atomic mass is 10.0. The molecule has 0 saturated carbocycles. The second-order valence-corrected chi connectivity index (χ2v) is 2.99. The summed E-state index contributed by atoms with van der Waals surface area (Å²) in [6.45, 7) is 7.55. The molecule has 0 aliphatic heterocycles. The molecule has 2 N–H and O–H groups in total. The Labute approximate surface area is 79.6 Å². The maximum Gasteiger partial charge on any atom is 0.163 e. The number of rotatable bonds is 3. The Kier molecular flexibility index (Phi) is 2.90. The molecule has 0 amide bonds. The van der Waals surface area contributed by atoms with Crippen molar-refractivity contribution in [3.8, 4) is 0 Å². The summed E-state index contributed by atoms with van der Waals surface area (Å²) in [7, 11) is 1.93. The minimum Gasteiger partial charge on any atom is -0.397 e. The van der Waals surface area contributed by atoms with Crippen LogP contribution in [0, 0.1) is 0 Å². The smallest absolute Gasteiger partial charge is 0.163 e. The number of aromatic nitrogens is 1. The van der Waals surface area contributed by atoms with E-state index in [0.717, 1.165) is 23.3 Å². The van der Waals surface area contributed by atoms with E-state index in [9.17, 15) is 0 Å². The summed E-state index contributed by atoms with van der Waals surface area (Å²) in [5, 5.41) is 0. The largest absolute Gasteiger partial charge is 0.397 e. The molecule has 0 fully saturated rings. The first-order valence-corrected chi connectivity index (χ1v) is 4.17. The quantitative estimate of drug-likeness (QED) is 0.532. The van der Waals surface area contributed by atoms with Gasteiger partial charge in [0, 0.05) is 0 Å². The summed E-state index contributed by atoms with van der Waals surface area (Å²) in [5.41, 5.74) is 9.10. The highest BCUT2D eigenvalue weighted by molar-refractivity contribution is 6.30. The van der Waals surface area contributed by atoms with Gasteiger partial charge in [-0.3, -0.25) is 4.98 Å². The van der Waals surface area contributed by atoms with E-state index in [0.29, 0.717) is 5.69 Å². The van der Waals surface area contributed by atoms with Crippen LogP contribution in [0.3, 0.4) is 0 Å². The van der Waals surface area contributed by atoms with Gasteiger partial charge in [0.15, 0.2) is 7.85 Å². The van der Waals surface area contributed by atoms with Crippen molar-refractivity contribution in [3.05, 3.63) is 37.1 Å². The van der Waals surface area contributed by atoms with Gasteiger partial charge in [-0.1, -0.05) is 12.7 Å². The van der Waals surface area contributed by atoms with Crippen molar-refractivity contribution in [1.82, 2.24) is 4.98 Å². The Morgan fingerprint density at radius 1 is 1.62 bits per heavy atom. The fourth-order valence-corrected chi connectivity index (χ4v) is 1.12. The molecular formula is C10H13BN2. The molecule has 1 rings (SSSR count). The topological polar surface area (TPSA) is 38.9 Å². The van der Waals surface area contributed by atoms with E-state index >= 15 is 0 Å². The Balaban J connectivity index is 3.05. The Bertz CT molecular complexity index is 345. The second kappa shape index (κ2) is 3.94. The first kappa shape index (κ1) is 9.58. The van der Waals surface area contributed by atoms with Crippen LogP contribution < -0.4 is 11.3 Å². The van der Waals surface area contributed by atoms with Crippen LogP contribution in [0.15, 0.2) is 31.4 Å². The van der Waals surface area contributed by atoms with Gasteiger partial charge < -0.3 is 5.73 Å². The standard InChI is InChI=1S/C10H13BN2/c1-3-4-7(2)10-8(12)5-6-9(11)13-10/h3,5-6H,1-2,4,11-12H2. The van der Waals surface area contributed by atoms with E-state index in [4.69, 9.17) is 5.73 Å². The van der Waals surface area contributed by atoms with Crippen molar-refractivity contribution in [2.24, 2.45) is 0 Å². The predicted octanol–water partition coefficient (Wildman–Crippen LogP) is 0.512. The van der Waals surface area contributed by atoms with Gasteiger partial charge in [0.1, 0.15) is 0 Å². The van der Waals surface area contributed by atoms with E-state index in [2.05, 4.69) is 18.1 Å². The monoisotopic (exact) mass is 172 g/mol. The van der Waals surface area contributed by atoms with Crippen molar-refractivity contribution in [3.63, 3.8) is 0 Å². The normalized spacial score (nSPS) is 9.54. The highest BCUT2D eigenvalue weighted by Crippen LogP contribution is 2.18. The molecule has 0 aliphatic carbocycles. The zero-order chi connectivity index (χ0) is 9.84. The number of nitrogens with two attached hydrogens (primary N) is 1. The fourth-order valence-electron chi connectivity index (χ4n) is 1.12. The van der Waals surface area contributed by atoms with Crippen LogP contribution >= 0.6 is 0 Å². The first-order valence-electron chi connectivity index (χ1n) is 4.17. The van der Waals surface area contributed by atoms with Gasteiger partial charge >= 0.3 is 0 Å². The zero-order valence-corrected chi connectivity index (χ0v) is 7.88. The number of hydrogen-bond acceptors (Lipinski definition) is 2. The second-order valence-electron chi connectivity index (χ2n) is 2.99. The van der Waals surface area contributed by atoms with E-state index in [1.165, 1.54) is 0 Å². The summed E-state index contributed by atoms with van der Waals surface area (Å²) in [6.07, 6.45) is 2.52. The molecule has 66 valence electrons. The summed E-state index contributed by atoms with van der Waals surface area (Å²) in [5.74, 6) is 0. The van der Waals surface area contributed by atoms with Gasteiger partial charge in [0.05, 0.1) is 11.4 Å². The zero-order valence-electron chi connectivity index (χ0n) is 7.88. The molecule has 1 aromatic rings. The molecule has 0 aromatic carbocycles. The molecule has 13 heavy (non-hydrogen) atoms. The lowest BCUT2D eigenvalue weighted by Crippen LogP contribution is -2.11. The minimum atomic E-state index is 0.678. The molecule has 1 aromatic heterocycles. The molecule has 3 heteroatoms. The van der Waals surface area contributed by atoms with Gasteiger partial charge in [-0.15, -0.1) is 6.58 Å². The van der Waals surface area contributed by atoms with E-state index in [1.54, 1.807) is 6.08 Å². The van der Waals surface area contributed by atoms with Crippen molar-refractivity contribution in [1.29, 1.82) is 0 Å². The minimum absolute atomic E-state index is 0.678. The summed E-state index contributed by atoms with van der Waals surface area (Å²) >= 11 is 0. The summed E-state index contributed by atoms with van der Waals surface area (Å²) in [6, 6.07) is 3.74. The maximum absolute atomic E-state index is 5.76. The molecule has 2 nitrogen and oxygen atoms in total. The van der Waals surface area contributed by atoms with Crippen LogP contribution in [0.25, 0.3) is 5.57 Å². The summed E-state index contributed by atoms with van der Waals surface area (Å²) in [4.78, 5) is 4.32. The lowest BCUT2D eigenvalue weighted by molar-refractivity contribution is 1.28. The van der Waals surface area contributed by atoms with Crippen LogP contribution in [0.5, 0.6) is 0 Å². The lowest BCUT2D eigenvalue weighted by Gasteiger charge is -2.06. The number of allylic oxidation sites excluding steroid dienone is 2. The van der Waals surface area contributed by atoms with Gasteiger partial charge in [-0.2, -0.15) is 0 Å². The van der Waals surface area contributed by atoms with Crippen LogP contribution in [0.2, 0.25) is 0 Å². The van der Waals surface area contributed by atoms with Gasteiger partial charge in [-0.05, 0) is 29.7 Å². The highest BCUT2D eigenvalue weighted by atomic mass is 14.7. The number of nitrogen functional groups attached to an aromatic ring is 1. The first-order chi connectivity index (χ1) is 6.15. The van der Waals surface area contributed by atoms with Gasteiger partial charge in [0.2, 0.25) is 0 Å². The molecule has 0 atom stereocenters. The van der Waals surface area contributed by atoms with Crippen molar-refractivity contribution in [2.75, 3.05) is 5.73 Å². The number of hydrogen-bond donors (Lipinski definition) is 1. The maximum atomic E-state index is 5.76. The Hall–Kier alpha value is -1.51. The average Bonchev–Trinajstić information content (AvgIpc) is 2.09. The van der Waals surface area contributed by atoms with Crippen LogP contribution in [-0.2, 0) is 0 Å². The third-order valence-corrected chi connectivity index (χ3v) is 1.79.